The summed E-state index contributed by atoms with van der Waals surface area (Å²) in [6.45, 7) is 5.18. The number of aliphatic carboxylic acids is 1. The van der Waals surface area contributed by atoms with Crippen LogP contribution in [0.25, 0.3) is 0 Å². The van der Waals surface area contributed by atoms with E-state index in [4.69, 9.17) is 4.74 Å². The largest absolute Gasteiger partial charge is 0.481 e. The van der Waals surface area contributed by atoms with Crippen molar-refractivity contribution in [3.63, 3.8) is 0 Å². The van der Waals surface area contributed by atoms with E-state index in [1.165, 1.54) is 18.2 Å². The van der Waals surface area contributed by atoms with Crippen molar-refractivity contribution < 1.29 is 28.9 Å². The maximum atomic E-state index is 14.0. The summed E-state index contributed by atoms with van der Waals surface area (Å²) < 4.78 is 19.3. The number of aliphatic hydroxyl groups is 1. The maximum Gasteiger partial charge on any atom is 0.407 e. The molecule has 168 valence electrons. The van der Waals surface area contributed by atoms with Gasteiger partial charge in [0, 0.05) is 0 Å². The standard InChI is InChI=1S/C24H30FNO5/c1-24(2,3)31-23(30)26-20(13-16-9-5-4-6-10-16)21(27)15-18(22(28)29)14-17-11-7-8-12-19(17)25/h4-12,18,20-21,27H,13-15H2,1-3H3,(H,26,30)(H,28,29). The summed E-state index contributed by atoms with van der Waals surface area (Å²) in [7, 11) is 0. The van der Waals surface area contributed by atoms with Crippen LogP contribution in [0.15, 0.2) is 54.6 Å². The molecule has 0 aromatic heterocycles. The van der Waals surface area contributed by atoms with Crippen molar-refractivity contribution in [3.05, 3.63) is 71.5 Å². The van der Waals surface area contributed by atoms with E-state index in [0.717, 1.165) is 5.56 Å². The number of alkyl carbamates (subject to hydrolysis) is 1. The van der Waals surface area contributed by atoms with Gasteiger partial charge in [-0.3, -0.25) is 4.79 Å². The highest BCUT2D eigenvalue weighted by molar-refractivity contribution is 5.70. The summed E-state index contributed by atoms with van der Waals surface area (Å²) in [4.78, 5) is 24.1. The van der Waals surface area contributed by atoms with Crippen LogP contribution in [0, 0.1) is 11.7 Å². The zero-order chi connectivity index (χ0) is 23.0. The summed E-state index contributed by atoms with van der Waals surface area (Å²) in [5.74, 6) is -2.65. The van der Waals surface area contributed by atoms with Gasteiger partial charge in [0.1, 0.15) is 11.4 Å². The summed E-state index contributed by atoms with van der Waals surface area (Å²) in [5, 5.41) is 23.2. The first-order valence-corrected chi connectivity index (χ1v) is 10.2. The average Bonchev–Trinajstić information content (AvgIpc) is 2.67. The van der Waals surface area contributed by atoms with Crippen LogP contribution >= 0.6 is 0 Å². The predicted molar refractivity (Wildman–Crippen MR) is 115 cm³/mol. The van der Waals surface area contributed by atoms with Crippen molar-refractivity contribution in [1.29, 1.82) is 0 Å². The summed E-state index contributed by atoms with van der Waals surface area (Å²) in [5.41, 5.74) is 0.409. The molecule has 2 rings (SSSR count). The van der Waals surface area contributed by atoms with E-state index >= 15 is 0 Å². The molecule has 0 aliphatic carbocycles. The fourth-order valence-electron chi connectivity index (χ4n) is 3.27. The van der Waals surface area contributed by atoms with Crippen molar-refractivity contribution in [2.75, 3.05) is 0 Å². The molecule has 3 N–H and O–H groups in total. The molecule has 0 saturated heterocycles. The van der Waals surface area contributed by atoms with Gasteiger partial charge in [0.05, 0.1) is 18.1 Å². The van der Waals surface area contributed by atoms with Crippen LogP contribution in [0.3, 0.4) is 0 Å². The van der Waals surface area contributed by atoms with Crippen LogP contribution in [0.2, 0.25) is 0 Å². The van der Waals surface area contributed by atoms with Gasteiger partial charge in [0.25, 0.3) is 0 Å². The first-order valence-electron chi connectivity index (χ1n) is 10.2. The van der Waals surface area contributed by atoms with Gasteiger partial charge in [0.15, 0.2) is 0 Å². The summed E-state index contributed by atoms with van der Waals surface area (Å²) >= 11 is 0. The van der Waals surface area contributed by atoms with Crippen LogP contribution in [0.4, 0.5) is 9.18 Å². The van der Waals surface area contributed by atoms with E-state index in [-0.39, 0.29) is 24.8 Å². The quantitative estimate of drug-likeness (QED) is 0.559. The van der Waals surface area contributed by atoms with E-state index in [1.54, 1.807) is 26.8 Å². The molecule has 2 aromatic rings. The Hall–Kier alpha value is -2.93. The zero-order valence-corrected chi connectivity index (χ0v) is 18.0. The summed E-state index contributed by atoms with van der Waals surface area (Å²) in [6, 6.07) is 14.4. The monoisotopic (exact) mass is 431 g/mol. The maximum absolute atomic E-state index is 14.0. The van der Waals surface area contributed by atoms with Crippen molar-refractivity contribution in [1.82, 2.24) is 5.32 Å². The van der Waals surface area contributed by atoms with Crippen LogP contribution < -0.4 is 5.32 Å². The van der Waals surface area contributed by atoms with Crippen LogP contribution in [0.5, 0.6) is 0 Å². The topological polar surface area (TPSA) is 95.9 Å². The number of carbonyl (C=O) groups excluding carboxylic acids is 1. The number of hydrogen-bond donors (Lipinski definition) is 3. The lowest BCUT2D eigenvalue weighted by atomic mass is 9.89. The van der Waals surface area contributed by atoms with Crippen molar-refractivity contribution in [2.45, 2.75) is 57.8 Å². The Morgan fingerprint density at radius 1 is 1.03 bits per heavy atom. The second kappa shape index (κ2) is 10.9. The number of ether oxygens (including phenoxy) is 1. The van der Waals surface area contributed by atoms with Gasteiger partial charge in [0.2, 0.25) is 0 Å². The molecular formula is C24H30FNO5. The van der Waals surface area contributed by atoms with Gasteiger partial charge in [-0.25, -0.2) is 9.18 Å². The number of amides is 1. The Kier molecular flexibility index (Phi) is 8.56. The fourth-order valence-corrected chi connectivity index (χ4v) is 3.27. The van der Waals surface area contributed by atoms with E-state index in [2.05, 4.69) is 5.32 Å². The Balaban J connectivity index is 2.16. The third kappa shape index (κ3) is 8.38. The predicted octanol–water partition coefficient (Wildman–Crippen LogP) is 3.96. The number of rotatable bonds is 9. The lowest BCUT2D eigenvalue weighted by Gasteiger charge is -2.28. The molecule has 3 unspecified atom stereocenters. The van der Waals surface area contributed by atoms with Crippen LogP contribution in [-0.4, -0.2) is 40.0 Å². The molecule has 0 radical (unpaired) electrons. The lowest BCUT2D eigenvalue weighted by Crippen LogP contribution is -2.47. The van der Waals surface area contributed by atoms with Crippen LogP contribution in [-0.2, 0) is 22.4 Å². The first-order chi connectivity index (χ1) is 14.5. The average molecular weight is 432 g/mol. The normalized spacial score (nSPS) is 14.4. The van der Waals surface area contributed by atoms with Crippen molar-refractivity contribution >= 4 is 12.1 Å². The van der Waals surface area contributed by atoms with Crippen molar-refractivity contribution in [3.8, 4) is 0 Å². The molecule has 0 aliphatic heterocycles. The molecule has 31 heavy (non-hydrogen) atoms. The van der Waals surface area contributed by atoms with Gasteiger partial charge >= 0.3 is 12.1 Å². The number of carboxylic acids is 1. The Morgan fingerprint density at radius 3 is 2.23 bits per heavy atom. The molecule has 0 heterocycles. The van der Waals surface area contributed by atoms with Gasteiger partial charge in [-0.05, 0) is 57.2 Å². The number of hydrogen-bond acceptors (Lipinski definition) is 4. The zero-order valence-electron chi connectivity index (χ0n) is 18.0. The minimum absolute atomic E-state index is 0.0659. The SMILES string of the molecule is CC(C)(C)OC(=O)NC(Cc1ccccc1)C(O)CC(Cc1ccccc1F)C(=O)O. The molecule has 1 amide bonds. The third-order valence-electron chi connectivity index (χ3n) is 4.76. The highest BCUT2D eigenvalue weighted by Gasteiger charge is 2.30. The van der Waals surface area contributed by atoms with Crippen LogP contribution in [0.1, 0.15) is 38.3 Å². The van der Waals surface area contributed by atoms with Gasteiger partial charge in [-0.15, -0.1) is 0 Å². The fraction of sp³-hybridized carbons (Fsp3) is 0.417. The number of carboxylic acid groups (broad SMARTS) is 1. The van der Waals surface area contributed by atoms with E-state index in [1.807, 2.05) is 30.3 Å². The number of aliphatic hydroxyl groups excluding tert-OH is 1. The molecule has 0 saturated carbocycles. The van der Waals surface area contributed by atoms with E-state index in [9.17, 15) is 24.2 Å². The second-order valence-corrected chi connectivity index (χ2v) is 8.58. The molecule has 3 atom stereocenters. The molecular weight excluding hydrogens is 401 g/mol. The Bertz CT molecular complexity index is 866. The Morgan fingerprint density at radius 2 is 1.65 bits per heavy atom. The number of benzene rings is 2. The summed E-state index contributed by atoms with van der Waals surface area (Å²) in [6.07, 6.45) is -1.82. The minimum atomic E-state index is -1.18. The lowest BCUT2D eigenvalue weighted by molar-refractivity contribution is -0.143. The van der Waals surface area contributed by atoms with Gasteiger partial charge < -0.3 is 20.3 Å². The molecule has 0 fully saturated rings. The van der Waals surface area contributed by atoms with Gasteiger partial charge in [-0.2, -0.15) is 0 Å². The second-order valence-electron chi connectivity index (χ2n) is 8.58. The highest BCUT2D eigenvalue weighted by Crippen LogP contribution is 2.20. The molecule has 6 nitrogen and oxygen atoms in total. The molecule has 0 aliphatic rings. The molecule has 0 bridgehead atoms. The van der Waals surface area contributed by atoms with E-state index < -0.39 is 41.5 Å². The number of nitrogens with one attached hydrogen (secondary N) is 1. The number of carbonyl (C=O) groups is 2. The number of halogens is 1. The molecule has 7 heteroatoms. The third-order valence-corrected chi connectivity index (χ3v) is 4.76. The first kappa shape index (κ1) is 24.3. The highest BCUT2D eigenvalue weighted by atomic mass is 19.1. The Labute approximate surface area is 182 Å². The molecule has 0 spiro atoms. The molecule has 2 aromatic carbocycles. The smallest absolute Gasteiger partial charge is 0.407 e. The van der Waals surface area contributed by atoms with E-state index in [0.29, 0.717) is 0 Å². The van der Waals surface area contributed by atoms with Crippen molar-refractivity contribution in [2.24, 2.45) is 5.92 Å². The minimum Gasteiger partial charge on any atom is -0.481 e. The van der Waals surface area contributed by atoms with Gasteiger partial charge in [-0.1, -0.05) is 48.5 Å².